The van der Waals surface area contributed by atoms with E-state index in [1.54, 1.807) is 5.57 Å². The summed E-state index contributed by atoms with van der Waals surface area (Å²) < 4.78 is 0. The first-order valence-corrected chi connectivity index (χ1v) is 9.38. The number of fused-ring (bicyclic) bond motifs is 1. The van der Waals surface area contributed by atoms with E-state index in [0.717, 1.165) is 31.1 Å². The fourth-order valence-electron chi connectivity index (χ4n) is 6.16. The molecule has 3 fully saturated rings. The van der Waals surface area contributed by atoms with Crippen LogP contribution in [0.25, 0.3) is 0 Å². The third-order valence-electron chi connectivity index (χ3n) is 7.98. The molecule has 3 rings (SSSR count). The SMILES string of the molecule is C/C=C1\CCC2CC([C@@]3(C)CC[C@H](O)C[C@@H]3CO)CC[C@]12C. The molecule has 0 aromatic carbocycles. The van der Waals surface area contributed by atoms with Crippen LogP contribution in [0.3, 0.4) is 0 Å². The van der Waals surface area contributed by atoms with Crippen molar-refractivity contribution in [2.45, 2.75) is 78.2 Å². The summed E-state index contributed by atoms with van der Waals surface area (Å²) in [6.07, 6.45) is 11.6. The molecule has 3 aliphatic carbocycles. The second kappa shape index (κ2) is 5.94. The highest BCUT2D eigenvalue weighted by molar-refractivity contribution is 5.21. The molecule has 22 heavy (non-hydrogen) atoms. The quantitative estimate of drug-likeness (QED) is 0.746. The van der Waals surface area contributed by atoms with Gasteiger partial charge < -0.3 is 10.2 Å². The van der Waals surface area contributed by atoms with Gasteiger partial charge in [-0.1, -0.05) is 25.5 Å². The minimum atomic E-state index is -0.194. The van der Waals surface area contributed by atoms with Gasteiger partial charge in [0.05, 0.1) is 6.10 Å². The van der Waals surface area contributed by atoms with E-state index >= 15 is 0 Å². The van der Waals surface area contributed by atoms with E-state index < -0.39 is 0 Å². The summed E-state index contributed by atoms with van der Waals surface area (Å²) in [6.45, 7) is 7.35. The van der Waals surface area contributed by atoms with Crippen molar-refractivity contribution in [1.29, 1.82) is 0 Å². The first kappa shape index (κ1) is 16.5. The summed E-state index contributed by atoms with van der Waals surface area (Å²) in [5.41, 5.74) is 2.37. The predicted molar refractivity (Wildman–Crippen MR) is 90.5 cm³/mol. The second-order valence-corrected chi connectivity index (χ2v) is 8.75. The molecule has 0 bridgehead atoms. The smallest absolute Gasteiger partial charge is 0.0544 e. The summed E-state index contributed by atoms with van der Waals surface area (Å²) in [5, 5.41) is 19.9. The highest BCUT2D eigenvalue weighted by atomic mass is 16.3. The van der Waals surface area contributed by atoms with Crippen molar-refractivity contribution in [2.24, 2.45) is 28.6 Å². The van der Waals surface area contributed by atoms with Crippen molar-refractivity contribution in [1.82, 2.24) is 0 Å². The molecule has 0 spiro atoms. The van der Waals surface area contributed by atoms with Crippen molar-refractivity contribution < 1.29 is 10.2 Å². The molecule has 3 saturated carbocycles. The molecule has 2 heteroatoms. The molecule has 0 saturated heterocycles. The standard InChI is InChI=1S/C20H34O2/c1-4-14-5-6-15-11-16(7-9-19(14,15)2)20(3)10-8-18(22)12-17(20)13-21/h4,15-18,21-22H,5-13H2,1-3H3/b14-4+/t15?,16?,17-,18+,19-,20-/m1/s1. The van der Waals surface area contributed by atoms with Gasteiger partial charge in [0.15, 0.2) is 0 Å². The van der Waals surface area contributed by atoms with Crippen LogP contribution in [0.5, 0.6) is 0 Å². The van der Waals surface area contributed by atoms with Gasteiger partial charge in [0, 0.05) is 6.61 Å². The van der Waals surface area contributed by atoms with Gasteiger partial charge in [-0.3, -0.25) is 0 Å². The molecule has 3 aliphatic rings. The first-order valence-electron chi connectivity index (χ1n) is 9.38. The van der Waals surface area contributed by atoms with Crippen molar-refractivity contribution in [3.8, 4) is 0 Å². The predicted octanol–water partition coefficient (Wildman–Crippen LogP) is 4.31. The van der Waals surface area contributed by atoms with Crippen LogP contribution in [0.1, 0.15) is 72.1 Å². The maximum atomic E-state index is 9.98. The van der Waals surface area contributed by atoms with Crippen LogP contribution in [0.2, 0.25) is 0 Å². The normalized spacial score (nSPS) is 51.0. The van der Waals surface area contributed by atoms with E-state index in [1.807, 2.05) is 0 Å². The third kappa shape index (κ3) is 2.47. The molecule has 126 valence electrons. The molecule has 6 atom stereocenters. The van der Waals surface area contributed by atoms with Crippen LogP contribution < -0.4 is 0 Å². The van der Waals surface area contributed by atoms with Gasteiger partial charge in [-0.15, -0.1) is 0 Å². The zero-order valence-corrected chi connectivity index (χ0v) is 14.6. The van der Waals surface area contributed by atoms with E-state index in [4.69, 9.17) is 0 Å². The maximum absolute atomic E-state index is 9.98. The van der Waals surface area contributed by atoms with Crippen LogP contribution in [0.4, 0.5) is 0 Å². The Balaban J connectivity index is 1.77. The molecule has 2 N–H and O–H groups in total. The number of aliphatic hydroxyl groups excluding tert-OH is 2. The molecule has 2 nitrogen and oxygen atoms in total. The van der Waals surface area contributed by atoms with Gasteiger partial charge >= 0.3 is 0 Å². The van der Waals surface area contributed by atoms with Crippen LogP contribution in [0.15, 0.2) is 11.6 Å². The molecule has 0 amide bonds. The largest absolute Gasteiger partial charge is 0.396 e. The van der Waals surface area contributed by atoms with Gasteiger partial charge in [-0.2, -0.15) is 0 Å². The Morgan fingerprint density at radius 2 is 1.86 bits per heavy atom. The van der Waals surface area contributed by atoms with Crippen LogP contribution >= 0.6 is 0 Å². The Hall–Kier alpha value is -0.340. The van der Waals surface area contributed by atoms with E-state index in [1.165, 1.54) is 32.1 Å². The van der Waals surface area contributed by atoms with Crippen molar-refractivity contribution >= 4 is 0 Å². The van der Waals surface area contributed by atoms with Gasteiger partial charge in [-0.05, 0) is 86.9 Å². The Morgan fingerprint density at radius 1 is 1.09 bits per heavy atom. The van der Waals surface area contributed by atoms with Gasteiger partial charge in [-0.25, -0.2) is 0 Å². The molecular formula is C20H34O2. The molecule has 0 radical (unpaired) electrons. The number of hydrogen-bond donors (Lipinski definition) is 2. The fraction of sp³-hybridized carbons (Fsp3) is 0.900. The number of hydrogen-bond acceptors (Lipinski definition) is 2. The third-order valence-corrected chi connectivity index (χ3v) is 7.98. The lowest BCUT2D eigenvalue weighted by atomic mass is 9.53. The highest BCUT2D eigenvalue weighted by Gasteiger charge is 2.52. The van der Waals surface area contributed by atoms with E-state index in [-0.39, 0.29) is 24.0 Å². The zero-order valence-electron chi connectivity index (χ0n) is 14.6. The molecule has 2 unspecified atom stereocenters. The number of allylic oxidation sites excluding steroid dienone is 2. The van der Waals surface area contributed by atoms with Crippen LogP contribution in [-0.4, -0.2) is 22.9 Å². The van der Waals surface area contributed by atoms with Crippen molar-refractivity contribution in [3.63, 3.8) is 0 Å². The topological polar surface area (TPSA) is 40.5 Å². The van der Waals surface area contributed by atoms with Gasteiger partial charge in [0.25, 0.3) is 0 Å². The highest BCUT2D eigenvalue weighted by Crippen LogP contribution is 2.61. The average Bonchev–Trinajstić information content (AvgIpc) is 2.85. The van der Waals surface area contributed by atoms with E-state index in [9.17, 15) is 10.2 Å². The molecular weight excluding hydrogens is 272 g/mol. The molecule has 0 aromatic rings. The van der Waals surface area contributed by atoms with Crippen LogP contribution in [-0.2, 0) is 0 Å². The first-order chi connectivity index (χ1) is 10.4. The molecule has 0 heterocycles. The minimum absolute atomic E-state index is 0.194. The minimum Gasteiger partial charge on any atom is -0.396 e. The average molecular weight is 306 g/mol. The summed E-state index contributed by atoms with van der Waals surface area (Å²) in [5.74, 6) is 1.85. The Kier molecular flexibility index (Phi) is 4.46. The lowest BCUT2D eigenvalue weighted by Gasteiger charge is -2.53. The number of aliphatic hydroxyl groups is 2. The van der Waals surface area contributed by atoms with Gasteiger partial charge in [0.1, 0.15) is 0 Å². The summed E-state index contributed by atoms with van der Waals surface area (Å²) in [4.78, 5) is 0. The van der Waals surface area contributed by atoms with Gasteiger partial charge in [0.2, 0.25) is 0 Å². The van der Waals surface area contributed by atoms with Crippen molar-refractivity contribution in [2.75, 3.05) is 6.61 Å². The summed E-state index contributed by atoms with van der Waals surface area (Å²) in [6, 6.07) is 0. The lowest BCUT2D eigenvalue weighted by Crippen LogP contribution is -2.46. The van der Waals surface area contributed by atoms with E-state index in [0.29, 0.717) is 5.41 Å². The number of rotatable bonds is 2. The maximum Gasteiger partial charge on any atom is 0.0544 e. The van der Waals surface area contributed by atoms with Crippen LogP contribution in [0, 0.1) is 28.6 Å². The lowest BCUT2D eigenvalue weighted by molar-refractivity contribution is -0.0662. The van der Waals surface area contributed by atoms with Crippen molar-refractivity contribution in [3.05, 3.63) is 11.6 Å². The molecule has 0 aromatic heterocycles. The summed E-state index contributed by atoms with van der Waals surface area (Å²) in [7, 11) is 0. The Labute approximate surface area is 136 Å². The summed E-state index contributed by atoms with van der Waals surface area (Å²) >= 11 is 0. The molecule has 0 aliphatic heterocycles. The Bertz CT molecular complexity index is 443. The zero-order chi connectivity index (χ0) is 16.0. The Morgan fingerprint density at radius 3 is 2.55 bits per heavy atom. The fourth-order valence-corrected chi connectivity index (χ4v) is 6.16. The monoisotopic (exact) mass is 306 g/mol. The second-order valence-electron chi connectivity index (χ2n) is 8.75. The van der Waals surface area contributed by atoms with E-state index in [2.05, 4.69) is 26.8 Å².